The lowest BCUT2D eigenvalue weighted by Gasteiger charge is -2.31. The first-order chi connectivity index (χ1) is 13.7. The standard InChI is InChI=1S/C22H25N3O2S/c1-2-27-19-11-5-3-9-17(19)23-21(26)15-25-13-7-8-16(14-25)22-24-18-10-4-6-12-20(18)28-22/h3-6,9-12,16H,2,7-8,13-15H2,1H3,(H,23,26)/t16-/m0/s1. The molecule has 2 heterocycles. The Morgan fingerprint density at radius 1 is 1.25 bits per heavy atom. The highest BCUT2D eigenvalue weighted by molar-refractivity contribution is 7.18. The van der Waals surface area contributed by atoms with Crippen molar-refractivity contribution in [2.75, 3.05) is 31.6 Å². The Bertz CT molecular complexity index is 923. The number of rotatable bonds is 6. The zero-order valence-corrected chi connectivity index (χ0v) is 16.9. The van der Waals surface area contributed by atoms with Crippen molar-refractivity contribution in [3.8, 4) is 5.75 Å². The second kappa shape index (κ2) is 8.71. The molecule has 1 saturated heterocycles. The minimum Gasteiger partial charge on any atom is -0.492 e. The molecule has 0 radical (unpaired) electrons. The second-order valence-corrected chi connectivity index (χ2v) is 8.13. The predicted octanol–water partition coefficient (Wildman–Crippen LogP) is 4.51. The highest BCUT2D eigenvalue weighted by Gasteiger charge is 2.25. The summed E-state index contributed by atoms with van der Waals surface area (Å²) in [6, 6.07) is 15.9. The number of amides is 1. The van der Waals surface area contributed by atoms with Crippen LogP contribution in [0.25, 0.3) is 10.2 Å². The number of piperidine rings is 1. The van der Waals surface area contributed by atoms with E-state index in [1.807, 2.05) is 37.3 Å². The number of anilines is 1. The Balaban J connectivity index is 1.39. The Hall–Kier alpha value is -2.44. The van der Waals surface area contributed by atoms with Gasteiger partial charge in [0.15, 0.2) is 0 Å². The average Bonchev–Trinajstić information content (AvgIpc) is 3.14. The van der Waals surface area contributed by atoms with Crippen LogP contribution in [0.5, 0.6) is 5.75 Å². The largest absolute Gasteiger partial charge is 0.492 e. The SMILES string of the molecule is CCOc1ccccc1NC(=O)CN1CCC[C@H](c2nc3ccccc3s2)C1. The first-order valence-electron chi connectivity index (χ1n) is 9.82. The van der Waals surface area contributed by atoms with Gasteiger partial charge < -0.3 is 10.1 Å². The van der Waals surface area contributed by atoms with Crippen LogP contribution in [0.1, 0.15) is 30.7 Å². The lowest BCUT2D eigenvalue weighted by molar-refractivity contribution is -0.117. The van der Waals surface area contributed by atoms with E-state index in [1.54, 1.807) is 11.3 Å². The minimum absolute atomic E-state index is 0.00268. The van der Waals surface area contributed by atoms with Crippen LogP contribution in [-0.2, 0) is 4.79 Å². The van der Waals surface area contributed by atoms with Crippen LogP contribution in [0, 0.1) is 0 Å². The molecule has 0 bridgehead atoms. The number of nitrogens with zero attached hydrogens (tertiary/aromatic N) is 2. The van der Waals surface area contributed by atoms with Gasteiger partial charge in [0.05, 0.1) is 34.1 Å². The number of aromatic nitrogens is 1. The van der Waals surface area contributed by atoms with Crippen LogP contribution < -0.4 is 10.1 Å². The summed E-state index contributed by atoms with van der Waals surface area (Å²) in [5.41, 5.74) is 1.80. The first-order valence-corrected chi connectivity index (χ1v) is 10.6. The Morgan fingerprint density at radius 2 is 2.07 bits per heavy atom. The molecule has 1 amide bonds. The fourth-order valence-corrected chi connectivity index (χ4v) is 4.80. The number of fused-ring (bicyclic) bond motifs is 1. The molecular formula is C22H25N3O2S. The van der Waals surface area contributed by atoms with Crippen LogP contribution in [0.4, 0.5) is 5.69 Å². The molecule has 1 fully saturated rings. The number of thiazole rings is 1. The van der Waals surface area contributed by atoms with Crippen molar-refractivity contribution in [2.24, 2.45) is 0 Å². The number of benzene rings is 2. The quantitative estimate of drug-likeness (QED) is 0.667. The predicted molar refractivity (Wildman–Crippen MR) is 114 cm³/mol. The molecule has 2 aromatic carbocycles. The lowest BCUT2D eigenvalue weighted by Crippen LogP contribution is -2.39. The summed E-state index contributed by atoms with van der Waals surface area (Å²) < 4.78 is 6.83. The van der Waals surface area contributed by atoms with Gasteiger partial charge in [-0.3, -0.25) is 9.69 Å². The molecule has 0 aliphatic carbocycles. The van der Waals surface area contributed by atoms with E-state index in [0.717, 1.165) is 37.1 Å². The monoisotopic (exact) mass is 395 g/mol. The number of ether oxygens (including phenoxy) is 1. The maximum absolute atomic E-state index is 12.6. The number of hydrogen-bond acceptors (Lipinski definition) is 5. The Morgan fingerprint density at radius 3 is 2.93 bits per heavy atom. The van der Waals surface area contributed by atoms with Gasteiger partial charge in [0, 0.05) is 12.5 Å². The summed E-state index contributed by atoms with van der Waals surface area (Å²) in [5, 5.41) is 4.19. The van der Waals surface area contributed by atoms with Crippen LogP contribution in [-0.4, -0.2) is 42.0 Å². The normalized spacial score (nSPS) is 17.5. The number of hydrogen-bond donors (Lipinski definition) is 1. The van der Waals surface area contributed by atoms with Gasteiger partial charge in [-0.05, 0) is 50.6 Å². The van der Waals surface area contributed by atoms with Gasteiger partial charge in [-0.25, -0.2) is 4.98 Å². The summed E-state index contributed by atoms with van der Waals surface area (Å²) in [6.45, 7) is 4.72. The maximum atomic E-state index is 12.6. The van der Waals surface area contributed by atoms with Crippen LogP contribution >= 0.6 is 11.3 Å². The van der Waals surface area contributed by atoms with Gasteiger partial charge in [0.1, 0.15) is 5.75 Å². The zero-order valence-electron chi connectivity index (χ0n) is 16.1. The van der Waals surface area contributed by atoms with Gasteiger partial charge in [0.2, 0.25) is 5.91 Å². The van der Waals surface area contributed by atoms with Crippen LogP contribution in [0.2, 0.25) is 0 Å². The third-order valence-electron chi connectivity index (χ3n) is 4.99. The summed E-state index contributed by atoms with van der Waals surface area (Å²) in [4.78, 5) is 19.7. The molecule has 0 spiro atoms. The van der Waals surface area contributed by atoms with Gasteiger partial charge in [-0.2, -0.15) is 0 Å². The number of likely N-dealkylation sites (tertiary alicyclic amines) is 1. The number of para-hydroxylation sites is 3. The topological polar surface area (TPSA) is 54.5 Å². The molecule has 146 valence electrons. The fourth-order valence-electron chi connectivity index (χ4n) is 3.71. The van der Waals surface area contributed by atoms with E-state index in [1.165, 1.54) is 9.71 Å². The van der Waals surface area contributed by atoms with E-state index in [9.17, 15) is 4.79 Å². The first kappa shape index (κ1) is 18.9. The smallest absolute Gasteiger partial charge is 0.238 e. The van der Waals surface area contributed by atoms with Crippen molar-refractivity contribution in [3.63, 3.8) is 0 Å². The van der Waals surface area contributed by atoms with Crippen molar-refractivity contribution in [2.45, 2.75) is 25.7 Å². The van der Waals surface area contributed by atoms with Crippen LogP contribution in [0.3, 0.4) is 0 Å². The molecule has 1 aromatic heterocycles. The molecule has 1 aliphatic rings. The highest BCUT2D eigenvalue weighted by atomic mass is 32.1. The van der Waals surface area contributed by atoms with Crippen molar-refractivity contribution in [1.82, 2.24) is 9.88 Å². The van der Waals surface area contributed by atoms with Crippen molar-refractivity contribution >= 4 is 33.1 Å². The number of carbonyl (C=O) groups excluding carboxylic acids is 1. The molecule has 1 N–H and O–H groups in total. The molecule has 0 unspecified atom stereocenters. The summed E-state index contributed by atoms with van der Waals surface area (Å²) in [6.07, 6.45) is 2.22. The molecule has 0 saturated carbocycles. The molecule has 6 heteroatoms. The summed E-state index contributed by atoms with van der Waals surface area (Å²) >= 11 is 1.78. The molecular weight excluding hydrogens is 370 g/mol. The third kappa shape index (κ3) is 4.34. The molecule has 1 atom stereocenters. The van der Waals surface area contributed by atoms with Gasteiger partial charge in [-0.1, -0.05) is 24.3 Å². The zero-order chi connectivity index (χ0) is 19.3. The number of carbonyl (C=O) groups is 1. The molecule has 4 rings (SSSR count). The minimum atomic E-state index is -0.00268. The van der Waals surface area contributed by atoms with Gasteiger partial charge in [-0.15, -0.1) is 11.3 Å². The summed E-state index contributed by atoms with van der Waals surface area (Å²) in [5.74, 6) is 1.11. The average molecular weight is 396 g/mol. The Labute approximate surface area is 169 Å². The van der Waals surface area contributed by atoms with E-state index in [4.69, 9.17) is 9.72 Å². The number of nitrogens with one attached hydrogen (secondary N) is 1. The van der Waals surface area contributed by atoms with Gasteiger partial charge in [0.25, 0.3) is 0 Å². The molecule has 1 aliphatic heterocycles. The highest BCUT2D eigenvalue weighted by Crippen LogP contribution is 2.33. The molecule has 3 aromatic rings. The Kier molecular flexibility index (Phi) is 5.88. The van der Waals surface area contributed by atoms with E-state index in [-0.39, 0.29) is 5.91 Å². The third-order valence-corrected chi connectivity index (χ3v) is 6.19. The van der Waals surface area contributed by atoms with E-state index < -0.39 is 0 Å². The van der Waals surface area contributed by atoms with Crippen LogP contribution in [0.15, 0.2) is 48.5 Å². The van der Waals surface area contributed by atoms with E-state index in [2.05, 4.69) is 28.4 Å². The lowest BCUT2D eigenvalue weighted by atomic mass is 9.99. The fraction of sp³-hybridized carbons (Fsp3) is 0.364. The van der Waals surface area contributed by atoms with Crippen molar-refractivity contribution < 1.29 is 9.53 Å². The second-order valence-electron chi connectivity index (χ2n) is 7.07. The molecule has 5 nitrogen and oxygen atoms in total. The van der Waals surface area contributed by atoms with E-state index in [0.29, 0.717) is 24.8 Å². The molecule has 28 heavy (non-hydrogen) atoms. The van der Waals surface area contributed by atoms with Crippen molar-refractivity contribution in [3.05, 3.63) is 53.5 Å². The van der Waals surface area contributed by atoms with E-state index >= 15 is 0 Å². The van der Waals surface area contributed by atoms with Gasteiger partial charge >= 0.3 is 0 Å². The maximum Gasteiger partial charge on any atom is 0.238 e. The summed E-state index contributed by atoms with van der Waals surface area (Å²) in [7, 11) is 0. The van der Waals surface area contributed by atoms with Crippen molar-refractivity contribution in [1.29, 1.82) is 0 Å².